The summed E-state index contributed by atoms with van der Waals surface area (Å²) < 4.78 is 49.9. The zero-order chi connectivity index (χ0) is 30.9. The predicted molar refractivity (Wildman–Crippen MR) is 144 cm³/mol. The van der Waals surface area contributed by atoms with Gasteiger partial charge < -0.3 is 30.3 Å². The highest BCUT2D eigenvalue weighted by atomic mass is 19.4. The molecule has 1 aromatic rings. The van der Waals surface area contributed by atoms with E-state index in [0.717, 1.165) is 43.9 Å². The summed E-state index contributed by atoms with van der Waals surface area (Å²) in [6.45, 7) is 0.158. The molecular weight excluding hydrogens is 573 g/mol. The predicted octanol–water partition coefficient (Wildman–Crippen LogP) is 1.58. The largest absolute Gasteiger partial charge is 0.493 e. The van der Waals surface area contributed by atoms with E-state index in [-0.39, 0.29) is 48.2 Å². The van der Waals surface area contributed by atoms with Gasteiger partial charge in [0.25, 0.3) is 11.8 Å². The third-order valence-electron chi connectivity index (χ3n) is 8.77. The highest BCUT2D eigenvalue weighted by molar-refractivity contribution is 6.38. The average molecular weight is 609 g/mol. The maximum atomic E-state index is 13.8. The van der Waals surface area contributed by atoms with Crippen molar-refractivity contribution < 1.29 is 46.6 Å². The van der Waals surface area contributed by atoms with Crippen molar-refractivity contribution in [1.82, 2.24) is 20.9 Å². The van der Waals surface area contributed by atoms with E-state index in [1.165, 1.54) is 12.0 Å². The molecule has 4 aliphatic rings. The Kier molecular flexibility index (Phi) is 8.84. The normalized spacial score (nSPS) is 25.5. The van der Waals surface area contributed by atoms with Gasteiger partial charge in [0, 0.05) is 25.0 Å². The first-order valence-corrected chi connectivity index (χ1v) is 14.6. The Hall–Kier alpha value is -3.84. The van der Waals surface area contributed by atoms with E-state index in [1.54, 1.807) is 0 Å². The summed E-state index contributed by atoms with van der Waals surface area (Å²) >= 11 is 0. The summed E-state index contributed by atoms with van der Waals surface area (Å²) in [6.07, 6.45) is -0.268. The molecule has 0 radical (unpaired) electrons. The van der Waals surface area contributed by atoms with Crippen LogP contribution in [0, 0.1) is 17.8 Å². The smallest absolute Gasteiger partial charge is 0.416 e. The average Bonchev–Trinajstić information content (AvgIpc) is 3.32. The molecule has 0 bridgehead atoms. The van der Waals surface area contributed by atoms with Crippen LogP contribution in [0.25, 0.3) is 0 Å². The molecule has 4 fully saturated rings. The lowest BCUT2D eigenvalue weighted by Gasteiger charge is -2.29. The molecule has 14 heteroatoms. The van der Waals surface area contributed by atoms with Crippen molar-refractivity contribution >= 4 is 29.4 Å². The summed E-state index contributed by atoms with van der Waals surface area (Å²) in [5, 5.41) is 8.03. The minimum Gasteiger partial charge on any atom is -0.493 e. The number of amides is 4. The van der Waals surface area contributed by atoms with Crippen molar-refractivity contribution in [2.24, 2.45) is 17.8 Å². The number of ketones is 1. The van der Waals surface area contributed by atoms with Crippen molar-refractivity contribution in [2.45, 2.75) is 69.2 Å². The number of methoxy groups -OCH3 is 1. The zero-order valence-electron chi connectivity index (χ0n) is 23.7. The van der Waals surface area contributed by atoms with Crippen molar-refractivity contribution in [3.63, 3.8) is 0 Å². The lowest BCUT2D eigenvalue weighted by Crippen LogP contribution is -2.55. The van der Waals surface area contributed by atoms with Gasteiger partial charge in [-0.3, -0.25) is 24.0 Å². The van der Waals surface area contributed by atoms with Crippen LogP contribution in [0.2, 0.25) is 0 Å². The number of halogens is 3. The highest BCUT2D eigenvalue weighted by Crippen LogP contribution is 2.43. The van der Waals surface area contributed by atoms with E-state index in [9.17, 15) is 37.1 Å². The molecule has 4 amide bonds. The number of alkyl halides is 3. The van der Waals surface area contributed by atoms with Crippen LogP contribution in [0.3, 0.4) is 0 Å². The Balaban J connectivity index is 1.30. The van der Waals surface area contributed by atoms with E-state index in [2.05, 4.69) is 16.0 Å². The van der Waals surface area contributed by atoms with Crippen LogP contribution in [0.4, 0.5) is 13.2 Å². The van der Waals surface area contributed by atoms with Crippen LogP contribution in [0.5, 0.6) is 11.5 Å². The Morgan fingerprint density at radius 1 is 1.09 bits per heavy atom. The van der Waals surface area contributed by atoms with Crippen molar-refractivity contribution in [2.75, 3.05) is 26.8 Å². The van der Waals surface area contributed by atoms with Gasteiger partial charge >= 0.3 is 6.18 Å². The van der Waals surface area contributed by atoms with Gasteiger partial charge in [-0.15, -0.1) is 0 Å². The van der Waals surface area contributed by atoms with Gasteiger partial charge in [-0.05, 0) is 68.6 Å². The van der Waals surface area contributed by atoms with E-state index < -0.39 is 59.9 Å². The summed E-state index contributed by atoms with van der Waals surface area (Å²) in [5.41, 5.74) is -0.933. The second-order valence-electron chi connectivity index (χ2n) is 11.7. The molecule has 3 N–H and O–H groups in total. The number of hydrogen-bond donors (Lipinski definition) is 3. The third-order valence-corrected chi connectivity index (χ3v) is 8.77. The summed E-state index contributed by atoms with van der Waals surface area (Å²) in [4.78, 5) is 66.6. The van der Waals surface area contributed by atoms with E-state index in [4.69, 9.17) is 9.47 Å². The van der Waals surface area contributed by atoms with Gasteiger partial charge in [0.05, 0.1) is 18.7 Å². The van der Waals surface area contributed by atoms with E-state index >= 15 is 0 Å². The molecular formula is C29H35F3N4O7. The Bertz CT molecular complexity index is 1290. The number of benzene rings is 1. The fourth-order valence-electron chi connectivity index (χ4n) is 6.37. The van der Waals surface area contributed by atoms with Crippen LogP contribution < -0.4 is 25.4 Å². The van der Waals surface area contributed by atoms with Crippen LogP contribution in [-0.4, -0.2) is 79.2 Å². The fourth-order valence-corrected chi connectivity index (χ4v) is 6.37. The van der Waals surface area contributed by atoms with Gasteiger partial charge in [-0.25, -0.2) is 0 Å². The standard InChI is InChI=1S/C29H35F3N4O7/c1-42-22-12-17(29(30,31)32)5-8-21(22)43-14-23(37)36-13-16-3-2-4-19(16)24(36)27(40)35-20(11-15-9-10-33-26(15)39)25(38)28(41)34-18-6-7-18/h5,8,12,15-16,18-20,24H,2-4,6-7,9-11,13-14H2,1H3,(H,33,39)(H,34,41)(H,35,40)/t15-,16-,19-,20-,24-/m0/s1. The number of nitrogens with zero attached hydrogens (tertiary/aromatic N) is 1. The first-order valence-electron chi connectivity index (χ1n) is 14.6. The lowest BCUT2D eigenvalue weighted by atomic mass is 9.91. The topological polar surface area (TPSA) is 143 Å². The first kappa shape index (κ1) is 30.6. The van der Waals surface area contributed by atoms with Crippen molar-refractivity contribution in [1.29, 1.82) is 0 Å². The van der Waals surface area contributed by atoms with E-state index in [0.29, 0.717) is 19.4 Å². The number of nitrogens with one attached hydrogen (secondary N) is 3. The quantitative estimate of drug-likeness (QED) is 0.324. The second-order valence-corrected chi connectivity index (χ2v) is 11.7. The fraction of sp³-hybridized carbons (Fsp3) is 0.621. The lowest BCUT2D eigenvalue weighted by molar-refractivity contribution is -0.144. The molecule has 2 aliphatic heterocycles. The van der Waals surface area contributed by atoms with Gasteiger partial charge in [0.15, 0.2) is 18.1 Å². The van der Waals surface area contributed by atoms with Crippen molar-refractivity contribution in [3.8, 4) is 11.5 Å². The maximum Gasteiger partial charge on any atom is 0.416 e. The number of carbonyl (C=O) groups is 5. The van der Waals surface area contributed by atoms with Gasteiger partial charge in [-0.2, -0.15) is 13.2 Å². The number of fused-ring (bicyclic) bond motifs is 1. The molecule has 0 aromatic heterocycles. The molecule has 0 spiro atoms. The Labute approximate surface area is 246 Å². The third kappa shape index (κ3) is 6.88. The molecule has 234 valence electrons. The minimum atomic E-state index is -4.59. The zero-order valence-corrected chi connectivity index (χ0v) is 23.7. The number of hydrogen-bond acceptors (Lipinski definition) is 7. The van der Waals surface area contributed by atoms with E-state index in [1.807, 2.05) is 0 Å². The monoisotopic (exact) mass is 608 g/mol. The number of rotatable bonds is 11. The summed E-state index contributed by atoms with van der Waals surface area (Å²) in [7, 11) is 1.18. The second kappa shape index (κ2) is 12.4. The number of carbonyl (C=O) groups excluding carboxylic acids is 5. The van der Waals surface area contributed by atoms with Gasteiger partial charge in [0.2, 0.25) is 17.6 Å². The first-order chi connectivity index (χ1) is 20.5. The number of ether oxygens (including phenoxy) is 2. The molecule has 1 aromatic carbocycles. The molecule has 2 heterocycles. The molecule has 2 saturated carbocycles. The SMILES string of the molecule is COc1cc(C(F)(F)F)ccc1OCC(=O)N1C[C@@H]2CCC[C@@H]2[C@H]1C(=O)N[C@@H](C[C@@H]1CCNC1=O)C(=O)C(=O)NC1CC1. The highest BCUT2D eigenvalue weighted by Gasteiger charge is 2.50. The van der Waals surface area contributed by atoms with Crippen LogP contribution in [-0.2, 0) is 30.1 Å². The van der Waals surface area contributed by atoms with Crippen molar-refractivity contribution in [3.05, 3.63) is 23.8 Å². The Morgan fingerprint density at radius 3 is 2.51 bits per heavy atom. The number of Topliss-reactive ketones (excluding diaryl/α,β-unsaturated/α-hetero) is 1. The minimum absolute atomic E-state index is 0.0416. The summed E-state index contributed by atoms with van der Waals surface area (Å²) in [6, 6.07) is 0.410. The van der Waals surface area contributed by atoms with Gasteiger partial charge in [0.1, 0.15) is 6.04 Å². The molecule has 2 aliphatic carbocycles. The maximum absolute atomic E-state index is 13.8. The molecule has 0 unspecified atom stereocenters. The molecule has 11 nitrogen and oxygen atoms in total. The van der Waals surface area contributed by atoms with Gasteiger partial charge in [-0.1, -0.05) is 6.42 Å². The van der Waals surface area contributed by atoms with Crippen LogP contribution >= 0.6 is 0 Å². The van der Waals surface area contributed by atoms with Crippen LogP contribution in [0.1, 0.15) is 50.5 Å². The Morgan fingerprint density at radius 2 is 1.86 bits per heavy atom. The molecule has 5 rings (SSSR count). The van der Waals surface area contributed by atoms with Crippen LogP contribution in [0.15, 0.2) is 18.2 Å². The number of likely N-dealkylation sites (tertiary alicyclic amines) is 1. The molecule has 2 saturated heterocycles. The molecule has 5 atom stereocenters. The summed E-state index contributed by atoms with van der Waals surface area (Å²) in [5.74, 6) is -3.98. The molecule has 43 heavy (non-hydrogen) atoms.